The molecule has 31 heavy (non-hydrogen) atoms. The number of hydrogen-bond acceptors (Lipinski definition) is 5. The van der Waals surface area contributed by atoms with Gasteiger partial charge in [-0.15, -0.1) is 0 Å². The Morgan fingerprint density at radius 1 is 1.13 bits per heavy atom. The molecule has 1 amide bonds. The fraction of sp³-hybridized carbons (Fsp3) is 0.381. The fourth-order valence-corrected chi connectivity index (χ4v) is 4.08. The molecule has 1 aromatic carbocycles. The number of pyridine rings is 1. The molecular weight excluding hydrogens is 408 g/mol. The standard InChI is InChI=1S/C21H21F2N5O3/c1-25-20(30)28-7-4-15(13-18(28)24-25)27-10-11-31-17-12-14(2-3-16(17)27)19(29)26-8-5-21(22,23)6-9-26/h2-4,7,12-13H,5-6,8-11H2,1H3. The number of hydrogen-bond donors (Lipinski definition) is 0. The summed E-state index contributed by atoms with van der Waals surface area (Å²) in [6.45, 7) is 1.09. The maximum atomic E-state index is 13.4. The Kier molecular flexibility index (Phi) is 4.45. The number of ether oxygens (including phenoxy) is 1. The molecule has 2 aliphatic rings. The summed E-state index contributed by atoms with van der Waals surface area (Å²) in [6, 6.07) is 8.82. The van der Waals surface area contributed by atoms with Gasteiger partial charge < -0.3 is 14.5 Å². The first-order chi connectivity index (χ1) is 14.8. The molecule has 4 heterocycles. The molecule has 0 atom stereocenters. The zero-order chi connectivity index (χ0) is 21.8. The van der Waals surface area contributed by atoms with E-state index in [1.807, 2.05) is 17.0 Å². The summed E-state index contributed by atoms with van der Waals surface area (Å²) >= 11 is 0. The molecule has 0 radical (unpaired) electrons. The van der Waals surface area contributed by atoms with Gasteiger partial charge in [0.25, 0.3) is 11.8 Å². The minimum Gasteiger partial charge on any atom is -0.490 e. The summed E-state index contributed by atoms with van der Waals surface area (Å²) in [5.74, 6) is -2.41. The van der Waals surface area contributed by atoms with Crippen LogP contribution in [0.3, 0.4) is 0 Å². The predicted octanol–water partition coefficient (Wildman–Crippen LogP) is 2.43. The second kappa shape index (κ2) is 7.07. The minimum absolute atomic E-state index is 0.0410. The maximum Gasteiger partial charge on any atom is 0.350 e. The van der Waals surface area contributed by atoms with Crippen LogP contribution >= 0.6 is 0 Å². The third-order valence-corrected chi connectivity index (χ3v) is 5.82. The predicted molar refractivity (Wildman–Crippen MR) is 109 cm³/mol. The number of likely N-dealkylation sites (tertiary alicyclic amines) is 1. The normalized spacial score (nSPS) is 18.0. The zero-order valence-electron chi connectivity index (χ0n) is 16.9. The summed E-state index contributed by atoms with van der Waals surface area (Å²) in [5, 5.41) is 4.23. The summed E-state index contributed by atoms with van der Waals surface area (Å²) < 4.78 is 35.3. The summed E-state index contributed by atoms with van der Waals surface area (Å²) in [6.07, 6.45) is 1.05. The lowest BCUT2D eigenvalue weighted by molar-refractivity contribution is -0.0494. The summed E-state index contributed by atoms with van der Waals surface area (Å²) in [7, 11) is 1.60. The van der Waals surface area contributed by atoms with E-state index in [0.717, 1.165) is 11.4 Å². The highest BCUT2D eigenvalue weighted by Gasteiger charge is 2.36. The SMILES string of the molecule is Cn1nc2cc(N3CCOc4cc(C(=O)N5CCC(F)(F)CC5)ccc43)ccn2c1=O. The monoisotopic (exact) mass is 429 g/mol. The molecule has 1 fully saturated rings. The number of benzene rings is 1. The van der Waals surface area contributed by atoms with Gasteiger partial charge in [0.05, 0.1) is 12.2 Å². The van der Waals surface area contributed by atoms with Crippen molar-refractivity contribution in [2.75, 3.05) is 31.1 Å². The van der Waals surface area contributed by atoms with Crippen LogP contribution in [0, 0.1) is 0 Å². The first-order valence-electron chi connectivity index (χ1n) is 10.1. The van der Waals surface area contributed by atoms with Crippen molar-refractivity contribution in [2.24, 2.45) is 7.05 Å². The van der Waals surface area contributed by atoms with Gasteiger partial charge in [-0.3, -0.25) is 9.20 Å². The smallest absolute Gasteiger partial charge is 0.350 e. The molecule has 5 rings (SSSR count). The first kappa shape index (κ1) is 19.5. The molecule has 0 N–H and O–H groups in total. The number of alkyl halides is 2. The van der Waals surface area contributed by atoms with Crippen LogP contribution in [0.25, 0.3) is 5.65 Å². The van der Waals surface area contributed by atoms with E-state index >= 15 is 0 Å². The average molecular weight is 429 g/mol. The largest absolute Gasteiger partial charge is 0.490 e. The number of aromatic nitrogens is 3. The Hall–Kier alpha value is -3.43. The second-order valence-corrected chi connectivity index (χ2v) is 7.85. The zero-order valence-corrected chi connectivity index (χ0v) is 16.9. The lowest BCUT2D eigenvalue weighted by atomic mass is 10.0. The van der Waals surface area contributed by atoms with Crippen LogP contribution in [-0.2, 0) is 7.05 Å². The lowest BCUT2D eigenvalue weighted by Crippen LogP contribution is -2.42. The summed E-state index contributed by atoms with van der Waals surface area (Å²) in [4.78, 5) is 28.3. The van der Waals surface area contributed by atoms with Gasteiger partial charge in [0.2, 0.25) is 0 Å². The fourth-order valence-electron chi connectivity index (χ4n) is 4.08. The van der Waals surface area contributed by atoms with Crippen LogP contribution in [0.5, 0.6) is 5.75 Å². The number of anilines is 2. The molecule has 0 bridgehead atoms. The van der Waals surface area contributed by atoms with Gasteiger partial charge in [0.1, 0.15) is 12.4 Å². The van der Waals surface area contributed by atoms with Gasteiger partial charge in [-0.25, -0.2) is 18.3 Å². The molecule has 2 aromatic heterocycles. The number of halogens is 2. The van der Waals surface area contributed by atoms with Crippen molar-refractivity contribution in [3.05, 3.63) is 52.6 Å². The lowest BCUT2D eigenvalue weighted by Gasteiger charge is -2.33. The van der Waals surface area contributed by atoms with Gasteiger partial charge >= 0.3 is 5.69 Å². The molecule has 1 saturated heterocycles. The number of carbonyl (C=O) groups excluding carboxylic acids is 1. The molecule has 0 spiro atoms. The second-order valence-electron chi connectivity index (χ2n) is 7.85. The number of amides is 1. The van der Waals surface area contributed by atoms with Crippen molar-refractivity contribution in [1.29, 1.82) is 0 Å². The molecule has 162 valence electrons. The number of piperidine rings is 1. The van der Waals surface area contributed by atoms with E-state index in [1.165, 1.54) is 14.0 Å². The van der Waals surface area contributed by atoms with E-state index in [2.05, 4.69) is 5.10 Å². The van der Waals surface area contributed by atoms with E-state index in [4.69, 9.17) is 4.74 Å². The topological polar surface area (TPSA) is 72.1 Å². The van der Waals surface area contributed by atoms with E-state index < -0.39 is 5.92 Å². The van der Waals surface area contributed by atoms with E-state index in [0.29, 0.717) is 30.1 Å². The Morgan fingerprint density at radius 2 is 1.90 bits per heavy atom. The van der Waals surface area contributed by atoms with Crippen LogP contribution in [0.1, 0.15) is 23.2 Å². The number of aryl methyl sites for hydroxylation is 1. The van der Waals surface area contributed by atoms with Crippen LogP contribution in [-0.4, -0.2) is 57.2 Å². The molecular formula is C21H21F2N5O3. The number of nitrogens with zero attached hydrogens (tertiary/aromatic N) is 5. The molecule has 0 aliphatic carbocycles. The highest BCUT2D eigenvalue weighted by Crippen LogP contribution is 2.38. The Morgan fingerprint density at radius 3 is 2.68 bits per heavy atom. The Labute approximate surface area is 176 Å². The maximum absolute atomic E-state index is 13.4. The van der Waals surface area contributed by atoms with Crippen molar-refractivity contribution in [2.45, 2.75) is 18.8 Å². The van der Waals surface area contributed by atoms with Gasteiger partial charge in [-0.1, -0.05) is 0 Å². The van der Waals surface area contributed by atoms with Crippen LogP contribution in [0.4, 0.5) is 20.2 Å². The third kappa shape index (κ3) is 3.41. The number of fused-ring (bicyclic) bond motifs is 2. The highest BCUT2D eigenvalue weighted by molar-refractivity contribution is 5.95. The molecule has 3 aromatic rings. The number of rotatable bonds is 2. The third-order valence-electron chi connectivity index (χ3n) is 5.82. The van der Waals surface area contributed by atoms with Crippen LogP contribution < -0.4 is 15.3 Å². The number of carbonyl (C=O) groups is 1. The van der Waals surface area contributed by atoms with Crippen LogP contribution in [0.2, 0.25) is 0 Å². The molecule has 8 nitrogen and oxygen atoms in total. The molecule has 0 unspecified atom stereocenters. The van der Waals surface area contributed by atoms with E-state index in [9.17, 15) is 18.4 Å². The van der Waals surface area contributed by atoms with Crippen molar-refractivity contribution in [3.8, 4) is 5.75 Å². The summed E-state index contributed by atoms with van der Waals surface area (Å²) in [5.41, 5.74) is 2.36. The molecule has 10 heteroatoms. The van der Waals surface area contributed by atoms with Gasteiger partial charge in [0.15, 0.2) is 5.65 Å². The van der Waals surface area contributed by atoms with Crippen molar-refractivity contribution in [3.63, 3.8) is 0 Å². The Balaban J connectivity index is 1.43. The average Bonchev–Trinajstić information content (AvgIpc) is 3.05. The van der Waals surface area contributed by atoms with Gasteiger partial charge in [-0.05, 0) is 24.3 Å². The van der Waals surface area contributed by atoms with E-state index in [1.54, 1.807) is 31.4 Å². The molecule has 2 aliphatic heterocycles. The van der Waals surface area contributed by atoms with Crippen LogP contribution in [0.15, 0.2) is 41.3 Å². The van der Waals surface area contributed by atoms with Crippen molar-refractivity contribution >= 4 is 22.9 Å². The highest BCUT2D eigenvalue weighted by atomic mass is 19.3. The quantitative estimate of drug-likeness (QED) is 0.626. The van der Waals surface area contributed by atoms with Gasteiger partial charge in [-0.2, -0.15) is 5.10 Å². The Bertz CT molecular complexity index is 1230. The minimum atomic E-state index is -2.70. The van der Waals surface area contributed by atoms with Crippen molar-refractivity contribution in [1.82, 2.24) is 19.1 Å². The van der Waals surface area contributed by atoms with E-state index in [-0.39, 0.29) is 37.5 Å². The first-order valence-corrected chi connectivity index (χ1v) is 10.1. The van der Waals surface area contributed by atoms with Gasteiger partial charge in [0, 0.05) is 56.5 Å². The van der Waals surface area contributed by atoms with Crippen molar-refractivity contribution < 1.29 is 18.3 Å². The molecule has 0 saturated carbocycles.